The fourth-order valence-electron chi connectivity index (χ4n) is 3.73. The number of carboxylic acids is 1. The Morgan fingerprint density at radius 3 is 2.00 bits per heavy atom. The van der Waals surface area contributed by atoms with Crippen LogP contribution < -0.4 is 5.32 Å². The predicted molar refractivity (Wildman–Crippen MR) is 96.7 cm³/mol. The Hall–Kier alpha value is -2.08. The first kappa shape index (κ1) is 17.7. The lowest BCUT2D eigenvalue weighted by Gasteiger charge is -2.27. The van der Waals surface area contributed by atoms with Crippen LogP contribution in [0.3, 0.4) is 0 Å². The Morgan fingerprint density at radius 2 is 1.44 bits per heavy atom. The van der Waals surface area contributed by atoms with Crippen molar-refractivity contribution in [3.05, 3.63) is 29.8 Å². The molecule has 2 fully saturated rings. The smallest absolute Gasteiger partial charge is 0.325 e. The van der Waals surface area contributed by atoms with Gasteiger partial charge in [-0.2, -0.15) is 0 Å². The standard InChI is InChI=1S/C19H27N3O3/c23-18(24)17(21-11-3-1-2-4-12-21)15-7-9-16(10-8-15)20-19(25)22-13-5-6-14-22/h7-10,17H,1-6,11-14H2,(H,20,25)(H,23,24)/t17-/m1/s1. The average molecular weight is 345 g/mol. The lowest BCUT2D eigenvalue weighted by molar-refractivity contribution is -0.143. The van der Waals surface area contributed by atoms with Crippen LogP contribution in [-0.2, 0) is 4.79 Å². The summed E-state index contributed by atoms with van der Waals surface area (Å²) in [4.78, 5) is 27.8. The molecule has 1 aromatic rings. The van der Waals surface area contributed by atoms with Crippen LogP contribution in [0.4, 0.5) is 10.5 Å². The van der Waals surface area contributed by atoms with E-state index in [2.05, 4.69) is 10.2 Å². The second-order valence-electron chi connectivity index (χ2n) is 6.94. The molecule has 0 aliphatic carbocycles. The number of amides is 2. The molecular formula is C19H27N3O3. The molecule has 0 unspecified atom stereocenters. The molecule has 2 amide bonds. The van der Waals surface area contributed by atoms with Crippen LogP contribution in [-0.4, -0.2) is 53.1 Å². The number of carboxylic acid groups (broad SMARTS) is 1. The Bertz CT molecular complexity index is 588. The van der Waals surface area contributed by atoms with Crippen molar-refractivity contribution in [1.82, 2.24) is 9.80 Å². The third-order valence-corrected chi connectivity index (χ3v) is 5.11. The van der Waals surface area contributed by atoms with Gasteiger partial charge >= 0.3 is 12.0 Å². The van der Waals surface area contributed by atoms with Gasteiger partial charge in [0.1, 0.15) is 6.04 Å². The number of urea groups is 1. The maximum atomic E-state index is 12.1. The molecule has 2 N–H and O–H groups in total. The van der Waals surface area contributed by atoms with Crippen LogP contribution in [0.25, 0.3) is 0 Å². The van der Waals surface area contributed by atoms with Gasteiger partial charge in [0.05, 0.1) is 0 Å². The second-order valence-corrected chi connectivity index (χ2v) is 6.94. The summed E-state index contributed by atoms with van der Waals surface area (Å²) in [5.41, 5.74) is 1.48. The van der Waals surface area contributed by atoms with Crippen molar-refractivity contribution >= 4 is 17.7 Å². The number of carbonyl (C=O) groups excluding carboxylic acids is 1. The van der Waals surface area contributed by atoms with Crippen molar-refractivity contribution < 1.29 is 14.7 Å². The topological polar surface area (TPSA) is 72.9 Å². The summed E-state index contributed by atoms with van der Waals surface area (Å²) in [5, 5.41) is 12.6. The molecule has 0 radical (unpaired) electrons. The summed E-state index contributed by atoms with van der Waals surface area (Å²) in [6, 6.07) is 6.56. The maximum absolute atomic E-state index is 12.1. The molecule has 2 aliphatic rings. The van der Waals surface area contributed by atoms with Crippen LogP contribution in [0.15, 0.2) is 24.3 Å². The fraction of sp³-hybridized carbons (Fsp3) is 0.579. The van der Waals surface area contributed by atoms with Gasteiger partial charge in [-0.3, -0.25) is 9.69 Å². The zero-order chi connectivity index (χ0) is 17.6. The van der Waals surface area contributed by atoms with E-state index in [0.717, 1.165) is 57.4 Å². The summed E-state index contributed by atoms with van der Waals surface area (Å²) in [7, 11) is 0. The van der Waals surface area contributed by atoms with Gasteiger partial charge in [-0.25, -0.2) is 4.79 Å². The molecule has 0 spiro atoms. The van der Waals surface area contributed by atoms with Crippen molar-refractivity contribution in [3.8, 4) is 0 Å². The first-order valence-electron chi connectivity index (χ1n) is 9.28. The molecule has 2 aliphatic heterocycles. The highest BCUT2D eigenvalue weighted by Gasteiger charge is 2.27. The zero-order valence-electron chi connectivity index (χ0n) is 14.6. The molecule has 6 heteroatoms. The summed E-state index contributed by atoms with van der Waals surface area (Å²) >= 11 is 0. The van der Waals surface area contributed by atoms with E-state index in [4.69, 9.17) is 0 Å². The molecule has 0 aromatic heterocycles. The third kappa shape index (κ3) is 4.51. The SMILES string of the molecule is O=C(O)[C@@H](c1ccc(NC(=O)N2CCCC2)cc1)N1CCCCCC1. The minimum Gasteiger partial charge on any atom is -0.480 e. The summed E-state index contributed by atoms with van der Waals surface area (Å²) in [5.74, 6) is -0.809. The van der Waals surface area contributed by atoms with Crippen LogP contribution in [0.2, 0.25) is 0 Å². The number of benzene rings is 1. The molecule has 2 saturated heterocycles. The average Bonchev–Trinajstić information content (AvgIpc) is 3.01. The summed E-state index contributed by atoms with van der Waals surface area (Å²) in [6.45, 7) is 3.26. The monoisotopic (exact) mass is 345 g/mol. The van der Waals surface area contributed by atoms with Crippen LogP contribution in [0.5, 0.6) is 0 Å². The summed E-state index contributed by atoms with van der Waals surface area (Å²) < 4.78 is 0. The number of aliphatic carboxylic acids is 1. The number of rotatable bonds is 4. The highest BCUT2D eigenvalue weighted by molar-refractivity contribution is 5.89. The minimum absolute atomic E-state index is 0.0763. The van der Waals surface area contributed by atoms with E-state index in [9.17, 15) is 14.7 Å². The second kappa shape index (κ2) is 8.34. The Labute approximate surface area is 148 Å². The number of hydrogen-bond acceptors (Lipinski definition) is 3. The predicted octanol–water partition coefficient (Wildman–Crippen LogP) is 3.32. The highest BCUT2D eigenvalue weighted by atomic mass is 16.4. The lowest BCUT2D eigenvalue weighted by Crippen LogP contribution is -2.35. The van der Waals surface area contributed by atoms with Crippen molar-refractivity contribution in [2.75, 3.05) is 31.5 Å². The van der Waals surface area contributed by atoms with Gasteiger partial charge in [-0.1, -0.05) is 25.0 Å². The van der Waals surface area contributed by atoms with Crippen molar-refractivity contribution in [3.63, 3.8) is 0 Å². The van der Waals surface area contributed by atoms with E-state index in [0.29, 0.717) is 5.69 Å². The van der Waals surface area contributed by atoms with Crippen molar-refractivity contribution in [2.24, 2.45) is 0 Å². The van der Waals surface area contributed by atoms with E-state index in [-0.39, 0.29) is 6.03 Å². The Morgan fingerprint density at radius 1 is 0.880 bits per heavy atom. The van der Waals surface area contributed by atoms with E-state index in [1.165, 1.54) is 12.8 Å². The van der Waals surface area contributed by atoms with Crippen molar-refractivity contribution in [1.29, 1.82) is 0 Å². The van der Waals surface area contributed by atoms with Crippen LogP contribution in [0, 0.1) is 0 Å². The van der Waals surface area contributed by atoms with Gasteiger partial charge in [0, 0.05) is 18.8 Å². The molecule has 3 rings (SSSR count). The number of likely N-dealkylation sites (tertiary alicyclic amines) is 2. The van der Waals surface area contributed by atoms with Gasteiger partial charge in [-0.05, 0) is 56.5 Å². The number of nitrogens with one attached hydrogen (secondary N) is 1. The highest BCUT2D eigenvalue weighted by Crippen LogP contribution is 2.26. The minimum atomic E-state index is -0.809. The van der Waals surface area contributed by atoms with Crippen LogP contribution >= 0.6 is 0 Å². The fourth-order valence-corrected chi connectivity index (χ4v) is 3.73. The maximum Gasteiger partial charge on any atom is 0.325 e. The number of nitrogens with zero attached hydrogens (tertiary/aromatic N) is 2. The normalized spacial score (nSPS) is 20.1. The Balaban J connectivity index is 1.68. The molecule has 2 heterocycles. The largest absolute Gasteiger partial charge is 0.480 e. The molecule has 0 saturated carbocycles. The molecule has 1 aromatic carbocycles. The lowest BCUT2D eigenvalue weighted by atomic mass is 10.0. The molecule has 25 heavy (non-hydrogen) atoms. The first-order valence-corrected chi connectivity index (χ1v) is 9.28. The molecule has 0 bridgehead atoms. The summed E-state index contributed by atoms with van der Waals surface area (Å²) in [6.07, 6.45) is 6.56. The van der Waals surface area contributed by atoms with Gasteiger partial charge in [0.15, 0.2) is 0 Å². The van der Waals surface area contributed by atoms with Gasteiger partial charge in [0.25, 0.3) is 0 Å². The molecule has 6 nitrogen and oxygen atoms in total. The van der Waals surface area contributed by atoms with E-state index >= 15 is 0 Å². The molecular weight excluding hydrogens is 318 g/mol. The number of anilines is 1. The van der Waals surface area contributed by atoms with E-state index in [1.54, 1.807) is 12.1 Å². The molecule has 136 valence electrons. The molecule has 1 atom stereocenters. The number of carbonyl (C=O) groups is 2. The quantitative estimate of drug-likeness (QED) is 0.878. The van der Waals surface area contributed by atoms with Crippen molar-refractivity contribution in [2.45, 2.75) is 44.6 Å². The number of hydrogen-bond donors (Lipinski definition) is 2. The first-order chi connectivity index (χ1) is 12.1. The zero-order valence-corrected chi connectivity index (χ0v) is 14.6. The van der Waals surface area contributed by atoms with Crippen LogP contribution in [0.1, 0.15) is 50.1 Å². The Kier molecular flexibility index (Phi) is 5.91. The third-order valence-electron chi connectivity index (χ3n) is 5.11. The van der Waals surface area contributed by atoms with E-state index in [1.807, 2.05) is 17.0 Å². The van der Waals surface area contributed by atoms with Gasteiger partial charge in [-0.15, -0.1) is 0 Å². The van der Waals surface area contributed by atoms with E-state index < -0.39 is 12.0 Å². The van der Waals surface area contributed by atoms with Gasteiger partial charge < -0.3 is 15.3 Å². The van der Waals surface area contributed by atoms with Gasteiger partial charge in [0.2, 0.25) is 0 Å².